The molecule has 29 heavy (non-hydrogen) atoms. The zero-order valence-electron chi connectivity index (χ0n) is 16.8. The Morgan fingerprint density at radius 2 is 2.03 bits per heavy atom. The fourth-order valence-corrected chi connectivity index (χ4v) is 4.51. The number of amides is 1. The highest BCUT2D eigenvalue weighted by atomic mass is 19.1. The Hall–Kier alpha value is -2.54. The van der Waals surface area contributed by atoms with Gasteiger partial charge in [-0.1, -0.05) is 13.0 Å². The number of carbonyl (C=O) groups excluding carboxylic acids is 1. The Morgan fingerprint density at radius 1 is 1.24 bits per heavy atom. The Morgan fingerprint density at radius 3 is 2.72 bits per heavy atom. The molecule has 1 amide bonds. The number of rotatable bonds is 4. The van der Waals surface area contributed by atoms with Crippen LogP contribution in [0.25, 0.3) is 0 Å². The molecule has 2 fully saturated rings. The monoisotopic (exact) mass is 398 g/mol. The van der Waals surface area contributed by atoms with E-state index in [-0.39, 0.29) is 22.6 Å². The quantitative estimate of drug-likeness (QED) is 0.829. The number of carbonyl (C=O) groups is 1. The number of nitrogens with zero attached hydrogens (tertiary/aromatic N) is 2. The van der Waals surface area contributed by atoms with Gasteiger partial charge >= 0.3 is 0 Å². The Balaban J connectivity index is 1.49. The number of benzene rings is 1. The highest BCUT2D eigenvalue weighted by Crippen LogP contribution is 2.31. The molecule has 2 aliphatic heterocycles. The molecule has 2 saturated heterocycles. The van der Waals surface area contributed by atoms with Crippen molar-refractivity contribution >= 4 is 5.91 Å². The number of piperidine rings is 1. The standard InChI is InChI=1S/C22H27FN4O2/c1-2-16-14-17(25-26-20(16)28)12-15-4-5-19(23)18(13-15)21(29)27-10-7-22(8-11-27)6-3-9-24-22/h4-5,13-14,24H,2-3,6-12H2,1H3,(H,26,28). The van der Waals surface area contributed by atoms with E-state index in [2.05, 4.69) is 15.5 Å². The third-order valence-corrected chi connectivity index (χ3v) is 6.30. The van der Waals surface area contributed by atoms with Gasteiger partial charge in [-0.2, -0.15) is 5.10 Å². The number of H-pyrrole nitrogens is 1. The van der Waals surface area contributed by atoms with E-state index in [0.717, 1.165) is 31.4 Å². The van der Waals surface area contributed by atoms with E-state index < -0.39 is 5.82 Å². The summed E-state index contributed by atoms with van der Waals surface area (Å²) in [7, 11) is 0. The fourth-order valence-electron chi connectivity index (χ4n) is 4.51. The summed E-state index contributed by atoms with van der Waals surface area (Å²) in [4.78, 5) is 26.4. The average molecular weight is 398 g/mol. The lowest BCUT2D eigenvalue weighted by Gasteiger charge is -2.39. The van der Waals surface area contributed by atoms with E-state index in [1.54, 1.807) is 23.1 Å². The third-order valence-electron chi connectivity index (χ3n) is 6.30. The largest absolute Gasteiger partial charge is 0.338 e. The van der Waals surface area contributed by atoms with Crippen molar-refractivity contribution in [3.05, 3.63) is 62.8 Å². The lowest BCUT2D eigenvalue weighted by Crippen LogP contribution is -2.51. The first-order valence-electron chi connectivity index (χ1n) is 10.4. The maximum Gasteiger partial charge on any atom is 0.267 e. The van der Waals surface area contributed by atoms with Crippen LogP contribution in [0.5, 0.6) is 0 Å². The van der Waals surface area contributed by atoms with Crippen LogP contribution in [-0.2, 0) is 12.8 Å². The summed E-state index contributed by atoms with van der Waals surface area (Å²) in [5, 5.41) is 10.2. The molecule has 0 atom stereocenters. The number of hydrogen-bond donors (Lipinski definition) is 2. The lowest BCUT2D eigenvalue weighted by atomic mass is 9.86. The molecule has 0 saturated carbocycles. The minimum Gasteiger partial charge on any atom is -0.338 e. The van der Waals surface area contributed by atoms with Crippen molar-refractivity contribution in [2.24, 2.45) is 0 Å². The van der Waals surface area contributed by atoms with E-state index >= 15 is 0 Å². The highest BCUT2D eigenvalue weighted by Gasteiger charge is 2.38. The molecule has 2 aliphatic rings. The van der Waals surface area contributed by atoms with Gasteiger partial charge in [-0.25, -0.2) is 9.49 Å². The van der Waals surface area contributed by atoms with Gasteiger partial charge in [0.1, 0.15) is 5.82 Å². The van der Waals surface area contributed by atoms with Crippen LogP contribution in [-0.4, -0.2) is 46.2 Å². The van der Waals surface area contributed by atoms with Gasteiger partial charge in [0.05, 0.1) is 11.3 Å². The number of hydrogen-bond acceptors (Lipinski definition) is 4. The van der Waals surface area contributed by atoms with Crippen molar-refractivity contribution in [3.8, 4) is 0 Å². The molecule has 1 spiro atoms. The SMILES string of the molecule is CCc1cc(Cc2ccc(F)c(C(=O)N3CCC4(CCCN4)CC3)c2)n[nH]c1=O. The number of aromatic amines is 1. The molecule has 2 N–H and O–H groups in total. The van der Waals surface area contributed by atoms with E-state index in [0.29, 0.717) is 37.2 Å². The maximum atomic E-state index is 14.5. The molecule has 0 unspecified atom stereocenters. The smallest absolute Gasteiger partial charge is 0.267 e. The van der Waals surface area contributed by atoms with Crippen LogP contribution < -0.4 is 10.9 Å². The molecular weight excluding hydrogens is 371 g/mol. The minimum absolute atomic E-state index is 0.109. The predicted molar refractivity (Wildman–Crippen MR) is 109 cm³/mol. The van der Waals surface area contributed by atoms with Crippen LogP contribution in [0, 0.1) is 5.82 Å². The first-order valence-corrected chi connectivity index (χ1v) is 10.4. The topological polar surface area (TPSA) is 78.1 Å². The number of halogens is 1. The van der Waals surface area contributed by atoms with Gasteiger partial charge in [0.25, 0.3) is 11.5 Å². The van der Waals surface area contributed by atoms with Crippen molar-refractivity contribution in [2.75, 3.05) is 19.6 Å². The van der Waals surface area contributed by atoms with Gasteiger partial charge in [0.15, 0.2) is 0 Å². The van der Waals surface area contributed by atoms with E-state index in [4.69, 9.17) is 0 Å². The van der Waals surface area contributed by atoms with Crippen molar-refractivity contribution in [1.29, 1.82) is 0 Å². The van der Waals surface area contributed by atoms with Crippen LogP contribution in [0.3, 0.4) is 0 Å². The summed E-state index contributed by atoms with van der Waals surface area (Å²) in [5.41, 5.74) is 2.24. The molecular formula is C22H27FN4O2. The third kappa shape index (κ3) is 4.10. The second kappa shape index (κ2) is 8.06. The van der Waals surface area contributed by atoms with Crippen molar-refractivity contribution < 1.29 is 9.18 Å². The average Bonchev–Trinajstić information content (AvgIpc) is 3.19. The first kappa shape index (κ1) is 19.8. The van der Waals surface area contributed by atoms with Gasteiger partial charge in [-0.05, 0) is 62.4 Å². The van der Waals surface area contributed by atoms with Gasteiger partial charge < -0.3 is 10.2 Å². The van der Waals surface area contributed by atoms with E-state index in [9.17, 15) is 14.0 Å². The second-order valence-corrected chi connectivity index (χ2v) is 8.16. The number of aryl methyl sites for hydroxylation is 1. The van der Waals surface area contributed by atoms with Crippen LogP contribution >= 0.6 is 0 Å². The molecule has 7 heteroatoms. The summed E-state index contributed by atoms with van der Waals surface area (Å²) in [6.45, 7) is 4.25. The number of nitrogens with one attached hydrogen (secondary N) is 2. The van der Waals surface area contributed by atoms with Crippen LogP contribution in [0.15, 0.2) is 29.1 Å². The predicted octanol–water partition coefficient (Wildman–Crippen LogP) is 2.42. The molecule has 154 valence electrons. The summed E-state index contributed by atoms with van der Waals surface area (Å²) < 4.78 is 14.5. The van der Waals surface area contributed by atoms with Gasteiger partial charge in [0, 0.05) is 30.6 Å². The van der Waals surface area contributed by atoms with Crippen molar-refractivity contribution in [2.45, 2.75) is 51.0 Å². The normalized spacial score (nSPS) is 18.3. The fraction of sp³-hybridized carbons (Fsp3) is 0.500. The van der Waals surface area contributed by atoms with Crippen LogP contribution in [0.4, 0.5) is 4.39 Å². The van der Waals surface area contributed by atoms with Crippen molar-refractivity contribution in [1.82, 2.24) is 20.4 Å². The minimum atomic E-state index is -0.498. The number of aromatic nitrogens is 2. The van der Waals surface area contributed by atoms with Crippen LogP contribution in [0.2, 0.25) is 0 Å². The van der Waals surface area contributed by atoms with Crippen LogP contribution in [0.1, 0.15) is 59.8 Å². The highest BCUT2D eigenvalue weighted by molar-refractivity contribution is 5.94. The van der Waals surface area contributed by atoms with E-state index in [1.807, 2.05) is 6.92 Å². The zero-order valence-corrected chi connectivity index (χ0v) is 16.8. The Bertz CT molecular complexity index is 956. The molecule has 2 aromatic rings. The molecule has 0 aliphatic carbocycles. The molecule has 0 bridgehead atoms. The van der Waals surface area contributed by atoms with Gasteiger partial charge in [-0.3, -0.25) is 9.59 Å². The Labute approximate surface area is 169 Å². The van der Waals surface area contributed by atoms with Crippen molar-refractivity contribution in [3.63, 3.8) is 0 Å². The summed E-state index contributed by atoms with van der Waals surface area (Å²) in [5.74, 6) is -0.748. The molecule has 4 rings (SSSR count). The molecule has 6 nitrogen and oxygen atoms in total. The zero-order chi connectivity index (χ0) is 20.4. The molecule has 1 aromatic carbocycles. The Kier molecular flexibility index (Phi) is 5.50. The molecule has 1 aromatic heterocycles. The summed E-state index contributed by atoms with van der Waals surface area (Å²) >= 11 is 0. The first-order chi connectivity index (χ1) is 14.0. The number of likely N-dealkylation sites (tertiary alicyclic amines) is 1. The summed E-state index contributed by atoms with van der Waals surface area (Å²) in [6.07, 6.45) is 5.22. The second-order valence-electron chi connectivity index (χ2n) is 8.16. The maximum absolute atomic E-state index is 14.5. The van der Waals surface area contributed by atoms with Gasteiger partial charge in [0.2, 0.25) is 0 Å². The summed E-state index contributed by atoms with van der Waals surface area (Å²) in [6, 6.07) is 6.40. The molecule has 0 radical (unpaired) electrons. The van der Waals surface area contributed by atoms with Gasteiger partial charge in [-0.15, -0.1) is 0 Å². The molecule has 3 heterocycles. The lowest BCUT2D eigenvalue weighted by molar-refractivity contribution is 0.0652. The van der Waals surface area contributed by atoms with E-state index in [1.165, 1.54) is 12.5 Å².